The van der Waals surface area contributed by atoms with Crippen LogP contribution in [-0.2, 0) is 4.74 Å². The SMILES string of the molecule is CCOC(=O)c1ccc([C@@H]2CCCCN2)cc1. The van der Waals surface area contributed by atoms with E-state index in [9.17, 15) is 4.79 Å². The van der Waals surface area contributed by atoms with Crippen LogP contribution in [0.3, 0.4) is 0 Å². The average Bonchev–Trinajstić information content (AvgIpc) is 2.40. The smallest absolute Gasteiger partial charge is 0.338 e. The molecule has 1 N–H and O–H groups in total. The lowest BCUT2D eigenvalue weighted by atomic mass is 9.97. The summed E-state index contributed by atoms with van der Waals surface area (Å²) in [5.41, 5.74) is 1.89. The van der Waals surface area contributed by atoms with E-state index < -0.39 is 0 Å². The second kappa shape index (κ2) is 5.82. The molecule has 3 heteroatoms. The quantitative estimate of drug-likeness (QED) is 0.816. The van der Waals surface area contributed by atoms with Crippen molar-refractivity contribution in [3.05, 3.63) is 35.4 Å². The van der Waals surface area contributed by atoms with Crippen LogP contribution in [0.25, 0.3) is 0 Å². The fourth-order valence-corrected chi connectivity index (χ4v) is 2.20. The van der Waals surface area contributed by atoms with Crippen LogP contribution in [0.15, 0.2) is 24.3 Å². The van der Waals surface area contributed by atoms with Gasteiger partial charge < -0.3 is 10.1 Å². The number of rotatable bonds is 3. The monoisotopic (exact) mass is 233 g/mol. The van der Waals surface area contributed by atoms with Crippen LogP contribution < -0.4 is 5.32 Å². The zero-order valence-electron chi connectivity index (χ0n) is 10.2. The summed E-state index contributed by atoms with van der Waals surface area (Å²) in [6.45, 7) is 3.33. The predicted molar refractivity (Wildman–Crippen MR) is 67.0 cm³/mol. The topological polar surface area (TPSA) is 38.3 Å². The summed E-state index contributed by atoms with van der Waals surface area (Å²) in [7, 11) is 0. The third-order valence-corrected chi connectivity index (χ3v) is 3.13. The summed E-state index contributed by atoms with van der Waals surface area (Å²) >= 11 is 0. The number of piperidine rings is 1. The first kappa shape index (κ1) is 12.1. The molecule has 1 aromatic carbocycles. The number of carbonyl (C=O) groups excluding carboxylic acids is 1. The van der Waals surface area contributed by atoms with Crippen LogP contribution in [-0.4, -0.2) is 19.1 Å². The normalized spacial score (nSPS) is 19.9. The molecule has 0 unspecified atom stereocenters. The standard InChI is InChI=1S/C14H19NO2/c1-2-17-14(16)12-8-6-11(7-9-12)13-5-3-4-10-15-13/h6-9,13,15H,2-5,10H2,1H3/t13-/m0/s1. The Kier molecular flexibility index (Phi) is 4.15. The molecule has 0 bridgehead atoms. The molecule has 1 fully saturated rings. The van der Waals surface area contributed by atoms with Crippen LogP contribution in [0.2, 0.25) is 0 Å². The second-order valence-electron chi connectivity index (χ2n) is 4.34. The highest BCUT2D eigenvalue weighted by Crippen LogP contribution is 2.23. The zero-order valence-corrected chi connectivity index (χ0v) is 10.2. The van der Waals surface area contributed by atoms with E-state index in [0.717, 1.165) is 6.54 Å². The highest BCUT2D eigenvalue weighted by molar-refractivity contribution is 5.89. The van der Waals surface area contributed by atoms with E-state index in [1.807, 2.05) is 31.2 Å². The van der Waals surface area contributed by atoms with Crippen molar-refractivity contribution in [2.45, 2.75) is 32.2 Å². The third kappa shape index (κ3) is 3.07. The Morgan fingerprint density at radius 3 is 2.71 bits per heavy atom. The molecule has 0 amide bonds. The average molecular weight is 233 g/mol. The molecule has 2 rings (SSSR count). The molecule has 1 aromatic rings. The van der Waals surface area contributed by atoms with E-state index in [-0.39, 0.29) is 5.97 Å². The number of ether oxygens (including phenoxy) is 1. The minimum atomic E-state index is -0.240. The van der Waals surface area contributed by atoms with Gasteiger partial charge >= 0.3 is 5.97 Å². The number of benzene rings is 1. The Labute approximate surface area is 102 Å². The van der Waals surface area contributed by atoms with Gasteiger partial charge in [-0.15, -0.1) is 0 Å². The first-order valence-electron chi connectivity index (χ1n) is 6.31. The van der Waals surface area contributed by atoms with Crippen molar-refractivity contribution in [3.63, 3.8) is 0 Å². The van der Waals surface area contributed by atoms with E-state index >= 15 is 0 Å². The summed E-state index contributed by atoms with van der Waals surface area (Å²) in [6.07, 6.45) is 3.72. The van der Waals surface area contributed by atoms with Crippen LogP contribution in [0.5, 0.6) is 0 Å². The van der Waals surface area contributed by atoms with Crippen LogP contribution in [0.4, 0.5) is 0 Å². The van der Waals surface area contributed by atoms with E-state index in [1.54, 1.807) is 0 Å². The maximum absolute atomic E-state index is 11.5. The van der Waals surface area contributed by atoms with Crippen molar-refractivity contribution in [3.8, 4) is 0 Å². The number of hydrogen-bond donors (Lipinski definition) is 1. The number of hydrogen-bond acceptors (Lipinski definition) is 3. The maximum atomic E-state index is 11.5. The molecule has 3 nitrogen and oxygen atoms in total. The van der Waals surface area contributed by atoms with Crippen LogP contribution in [0, 0.1) is 0 Å². The maximum Gasteiger partial charge on any atom is 0.338 e. The van der Waals surface area contributed by atoms with Crippen molar-refractivity contribution in [1.82, 2.24) is 5.32 Å². The van der Waals surface area contributed by atoms with Gasteiger partial charge in [-0.2, -0.15) is 0 Å². The zero-order chi connectivity index (χ0) is 12.1. The van der Waals surface area contributed by atoms with Gasteiger partial charge in [0.2, 0.25) is 0 Å². The summed E-state index contributed by atoms with van der Waals surface area (Å²) in [5, 5.41) is 3.49. The second-order valence-corrected chi connectivity index (χ2v) is 4.34. The Balaban J connectivity index is 2.04. The third-order valence-electron chi connectivity index (χ3n) is 3.13. The van der Waals surface area contributed by atoms with Crippen molar-refractivity contribution >= 4 is 5.97 Å². The molecule has 1 atom stereocenters. The molecular formula is C14H19NO2. The molecule has 1 saturated heterocycles. The van der Waals surface area contributed by atoms with Gasteiger partial charge in [0.25, 0.3) is 0 Å². The van der Waals surface area contributed by atoms with E-state index in [4.69, 9.17) is 4.74 Å². The van der Waals surface area contributed by atoms with Gasteiger partial charge in [-0.25, -0.2) is 4.79 Å². The Bertz CT molecular complexity index is 366. The largest absolute Gasteiger partial charge is 0.462 e. The summed E-state index contributed by atoms with van der Waals surface area (Å²) in [5.74, 6) is -0.240. The lowest BCUT2D eigenvalue weighted by molar-refractivity contribution is 0.0526. The molecule has 92 valence electrons. The van der Waals surface area contributed by atoms with E-state index in [0.29, 0.717) is 18.2 Å². The molecule has 0 aromatic heterocycles. The number of nitrogens with one attached hydrogen (secondary N) is 1. The van der Waals surface area contributed by atoms with Crippen LogP contribution in [0.1, 0.15) is 48.1 Å². The van der Waals surface area contributed by atoms with Crippen molar-refractivity contribution < 1.29 is 9.53 Å². The van der Waals surface area contributed by atoms with Crippen molar-refractivity contribution in [2.24, 2.45) is 0 Å². The Morgan fingerprint density at radius 1 is 1.35 bits per heavy atom. The van der Waals surface area contributed by atoms with Crippen LogP contribution >= 0.6 is 0 Å². The molecule has 0 spiro atoms. The van der Waals surface area contributed by atoms with Gasteiger partial charge in [0.15, 0.2) is 0 Å². The molecule has 1 aliphatic rings. The van der Waals surface area contributed by atoms with Gasteiger partial charge in [0.1, 0.15) is 0 Å². The number of esters is 1. The Hall–Kier alpha value is -1.35. The molecule has 0 radical (unpaired) electrons. The summed E-state index contributed by atoms with van der Waals surface area (Å²) in [4.78, 5) is 11.5. The lowest BCUT2D eigenvalue weighted by Gasteiger charge is -2.23. The van der Waals surface area contributed by atoms with Crippen molar-refractivity contribution in [1.29, 1.82) is 0 Å². The highest BCUT2D eigenvalue weighted by atomic mass is 16.5. The molecule has 17 heavy (non-hydrogen) atoms. The predicted octanol–water partition coefficient (Wildman–Crippen LogP) is 2.68. The minimum Gasteiger partial charge on any atom is -0.462 e. The first-order valence-corrected chi connectivity index (χ1v) is 6.31. The lowest BCUT2D eigenvalue weighted by Crippen LogP contribution is -2.26. The van der Waals surface area contributed by atoms with Gasteiger partial charge in [0, 0.05) is 6.04 Å². The van der Waals surface area contributed by atoms with Gasteiger partial charge in [0.05, 0.1) is 12.2 Å². The minimum absolute atomic E-state index is 0.240. The fraction of sp³-hybridized carbons (Fsp3) is 0.500. The summed E-state index contributed by atoms with van der Waals surface area (Å²) < 4.78 is 4.96. The molecular weight excluding hydrogens is 214 g/mol. The van der Waals surface area contributed by atoms with E-state index in [1.165, 1.54) is 24.8 Å². The van der Waals surface area contributed by atoms with Gasteiger partial charge in [-0.1, -0.05) is 18.6 Å². The van der Waals surface area contributed by atoms with Gasteiger partial charge in [-0.3, -0.25) is 0 Å². The molecule has 1 aliphatic heterocycles. The fourth-order valence-electron chi connectivity index (χ4n) is 2.20. The number of carbonyl (C=O) groups is 1. The van der Waals surface area contributed by atoms with Crippen molar-refractivity contribution in [2.75, 3.05) is 13.2 Å². The molecule has 1 heterocycles. The molecule has 0 aliphatic carbocycles. The Morgan fingerprint density at radius 2 is 2.12 bits per heavy atom. The van der Waals surface area contributed by atoms with E-state index in [2.05, 4.69) is 5.32 Å². The van der Waals surface area contributed by atoms with Gasteiger partial charge in [-0.05, 0) is 44.0 Å². The summed E-state index contributed by atoms with van der Waals surface area (Å²) in [6, 6.07) is 8.19. The highest BCUT2D eigenvalue weighted by Gasteiger charge is 2.15. The first-order chi connectivity index (χ1) is 8.31. The molecule has 0 saturated carbocycles.